The summed E-state index contributed by atoms with van der Waals surface area (Å²) in [4.78, 5) is 32.5. The number of ether oxygens (including phenoxy) is 1. The minimum Gasteiger partial charge on any atom is -0.507 e. The monoisotopic (exact) mass is 418 g/mol. The van der Waals surface area contributed by atoms with Gasteiger partial charge in [0.15, 0.2) is 0 Å². The molecule has 1 saturated heterocycles. The van der Waals surface area contributed by atoms with Gasteiger partial charge in [0.05, 0.1) is 25.0 Å². The molecule has 7 N–H and O–H groups in total. The van der Waals surface area contributed by atoms with Gasteiger partial charge in [0.25, 0.3) is 0 Å². The van der Waals surface area contributed by atoms with Gasteiger partial charge in [-0.1, -0.05) is 6.07 Å². The van der Waals surface area contributed by atoms with Gasteiger partial charge in [0.1, 0.15) is 35.0 Å². The Morgan fingerprint density at radius 1 is 1.40 bits per heavy atom. The summed E-state index contributed by atoms with van der Waals surface area (Å²) in [6.45, 7) is 2.19. The smallest absolute Gasteiger partial charge is 0.451 e. The van der Waals surface area contributed by atoms with Crippen molar-refractivity contribution in [1.82, 2.24) is 14.9 Å². The fourth-order valence-electron chi connectivity index (χ4n) is 3.21. The normalized spacial score (nSPS) is 14.9. The van der Waals surface area contributed by atoms with Crippen molar-refractivity contribution in [1.29, 1.82) is 0 Å². The number of benzene rings is 1. The lowest BCUT2D eigenvalue weighted by molar-refractivity contribution is -0.141. The van der Waals surface area contributed by atoms with Gasteiger partial charge in [0.2, 0.25) is 5.91 Å². The molecular weight excluding hydrogens is 395 g/mol. The highest BCUT2D eigenvalue weighted by Crippen LogP contribution is 2.34. The number of rotatable bonds is 8. The van der Waals surface area contributed by atoms with E-state index in [4.69, 9.17) is 20.5 Å². The van der Waals surface area contributed by atoms with Crippen LogP contribution in [0.3, 0.4) is 0 Å². The molecule has 1 atom stereocenters. The number of likely N-dealkylation sites (tertiary alicyclic amines) is 1. The van der Waals surface area contributed by atoms with Crippen molar-refractivity contribution in [3.05, 3.63) is 41.0 Å². The van der Waals surface area contributed by atoms with Crippen molar-refractivity contribution in [2.24, 2.45) is 5.73 Å². The number of carboxylic acids is 1. The molecule has 0 aliphatic carbocycles. The van der Waals surface area contributed by atoms with Crippen molar-refractivity contribution >= 4 is 19.0 Å². The summed E-state index contributed by atoms with van der Waals surface area (Å²) in [7, 11) is -1.57. The zero-order chi connectivity index (χ0) is 22.0. The Labute approximate surface area is 172 Å². The summed E-state index contributed by atoms with van der Waals surface area (Å²) >= 11 is 0. The average molecular weight is 418 g/mol. The van der Waals surface area contributed by atoms with E-state index in [9.17, 15) is 19.8 Å². The maximum absolute atomic E-state index is 12.5. The van der Waals surface area contributed by atoms with E-state index in [1.165, 1.54) is 23.2 Å². The van der Waals surface area contributed by atoms with Gasteiger partial charge in [-0.15, -0.1) is 0 Å². The van der Waals surface area contributed by atoms with Crippen molar-refractivity contribution < 1.29 is 34.6 Å². The lowest BCUT2D eigenvalue weighted by Crippen LogP contribution is -2.58. The summed E-state index contributed by atoms with van der Waals surface area (Å²) in [5, 5.41) is 37.7. The van der Waals surface area contributed by atoms with Gasteiger partial charge in [-0.25, -0.2) is 9.78 Å². The van der Waals surface area contributed by atoms with Crippen LogP contribution in [0.15, 0.2) is 18.3 Å². The number of imidazole rings is 1. The second-order valence-electron chi connectivity index (χ2n) is 7.16. The highest BCUT2D eigenvalue weighted by atomic mass is 16.5. The van der Waals surface area contributed by atoms with Gasteiger partial charge in [-0.05, 0) is 31.3 Å². The quantitative estimate of drug-likeness (QED) is 0.306. The standard InChI is InChI=1S/C18H23BN4O7/c1-9-21-6-12(22-9)15(20)17(25)23-7-11(8-23)30-13-3-2-10(4-5-19(28)29)16(24)14(13)18(26)27/h2-3,6,11,15,24,28-29H,4-5,7-8,20H2,1H3,(H,21,22)(H,26,27)/t15-/m0/s1. The van der Waals surface area contributed by atoms with Crippen LogP contribution < -0.4 is 10.5 Å². The minimum absolute atomic E-state index is 0.0288. The molecule has 0 spiro atoms. The highest BCUT2D eigenvalue weighted by molar-refractivity contribution is 6.41. The highest BCUT2D eigenvalue weighted by Gasteiger charge is 2.36. The molecule has 0 unspecified atom stereocenters. The lowest BCUT2D eigenvalue weighted by atomic mass is 9.82. The van der Waals surface area contributed by atoms with E-state index in [2.05, 4.69) is 9.97 Å². The molecule has 160 valence electrons. The molecule has 0 saturated carbocycles. The number of amides is 1. The number of carboxylic acid groups (broad SMARTS) is 1. The molecule has 0 bridgehead atoms. The second-order valence-corrected chi connectivity index (χ2v) is 7.16. The maximum Gasteiger partial charge on any atom is 0.451 e. The number of carbonyl (C=O) groups is 2. The predicted octanol–water partition coefficient (Wildman–Crippen LogP) is -0.573. The first-order valence-corrected chi connectivity index (χ1v) is 9.34. The number of hydrogen-bond acceptors (Lipinski definition) is 8. The van der Waals surface area contributed by atoms with Gasteiger partial charge < -0.3 is 40.6 Å². The number of aromatic nitrogens is 2. The fraction of sp³-hybridized carbons (Fsp3) is 0.389. The number of aryl methyl sites for hydroxylation is 2. The summed E-state index contributed by atoms with van der Waals surface area (Å²) < 4.78 is 5.68. The van der Waals surface area contributed by atoms with E-state index in [0.717, 1.165) is 0 Å². The first-order valence-electron chi connectivity index (χ1n) is 9.34. The number of hydrogen-bond donors (Lipinski definition) is 6. The van der Waals surface area contributed by atoms with Crippen molar-refractivity contribution in [2.75, 3.05) is 13.1 Å². The van der Waals surface area contributed by atoms with E-state index in [0.29, 0.717) is 11.5 Å². The lowest BCUT2D eigenvalue weighted by Gasteiger charge is -2.40. The molecule has 1 aliphatic rings. The third kappa shape index (κ3) is 4.56. The minimum atomic E-state index is -1.57. The molecule has 11 nitrogen and oxygen atoms in total. The average Bonchev–Trinajstić information content (AvgIpc) is 3.08. The van der Waals surface area contributed by atoms with Gasteiger partial charge in [0, 0.05) is 0 Å². The Hall–Kier alpha value is -3.09. The molecular formula is C18H23BN4O7. The van der Waals surface area contributed by atoms with E-state index in [1.807, 2.05) is 0 Å². The molecule has 1 aromatic heterocycles. The van der Waals surface area contributed by atoms with Crippen LogP contribution in [0.2, 0.25) is 6.32 Å². The van der Waals surface area contributed by atoms with Crippen LogP contribution in [0.25, 0.3) is 0 Å². The summed E-state index contributed by atoms with van der Waals surface area (Å²) in [5.74, 6) is -1.55. The number of aromatic carboxylic acids is 1. The predicted molar refractivity (Wildman–Crippen MR) is 105 cm³/mol. The topological polar surface area (TPSA) is 182 Å². The maximum atomic E-state index is 12.5. The van der Waals surface area contributed by atoms with E-state index in [1.54, 1.807) is 6.92 Å². The van der Waals surface area contributed by atoms with Gasteiger partial charge in [-0.2, -0.15) is 0 Å². The number of phenols is 1. The van der Waals surface area contributed by atoms with Crippen LogP contribution in [0.4, 0.5) is 0 Å². The van der Waals surface area contributed by atoms with Crippen LogP contribution in [-0.4, -0.2) is 73.3 Å². The van der Waals surface area contributed by atoms with Crippen molar-refractivity contribution in [2.45, 2.75) is 31.8 Å². The van der Waals surface area contributed by atoms with Crippen molar-refractivity contribution in [3.8, 4) is 11.5 Å². The largest absolute Gasteiger partial charge is 0.507 e. The van der Waals surface area contributed by atoms with Crippen LogP contribution in [0, 0.1) is 6.92 Å². The Balaban J connectivity index is 1.64. The van der Waals surface area contributed by atoms with E-state index >= 15 is 0 Å². The number of nitrogens with two attached hydrogens (primary N) is 1. The van der Waals surface area contributed by atoms with Crippen LogP contribution in [-0.2, 0) is 11.2 Å². The molecule has 1 amide bonds. The number of aromatic hydroxyl groups is 1. The Morgan fingerprint density at radius 2 is 2.10 bits per heavy atom. The van der Waals surface area contributed by atoms with E-state index in [-0.39, 0.29) is 43.1 Å². The zero-order valence-electron chi connectivity index (χ0n) is 16.3. The number of nitrogens with one attached hydrogen (secondary N) is 1. The molecule has 2 heterocycles. The molecule has 30 heavy (non-hydrogen) atoms. The third-order valence-electron chi connectivity index (χ3n) is 4.89. The summed E-state index contributed by atoms with van der Waals surface area (Å²) in [6, 6.07) is 2.00. The molecule has 0 radical (unpaired) electrons. The number of H-pyrrole nitrogens is 1. The van der Waals surface area contributed by atoms with Gasteiger partial charge in [-0.3, -0.25) is 4.79 Å². The van der Waals surface area contributed by atoms with Crippen LogP contribution in [0.5, 0.6) is 11.5 Å². The summed E-state index contributed by atoms with van der Waals surface area (Å²) in [5.41, 5.74) is 6.32. The second kappa shape index (κ2) is 8.73. The molecule has 2 aromatic rings. The number of aromatic amines is 1. The molecule has 3 rings (SSSR count). The molecule has 1 aromatic carbocycles. The first kappa shape index (κ1) is 21.6. The Bertz CT molecular complexity index is 943. The number of carbonyl (C=O) groups excluding carboxylic acids is 1. The number of nitrogens with zero attached hydrogens (tertiary/aromatic N) is 2. The fourth-order valence-corrected chi connectivity index (χ4v) is 3.21. The first-order chi connectivity index (χ1) is 14.2. The molecule has 1 aliphatic heterocycles. The Morgan fingerprint density at radius 3 is 2.67 bits per heavy atom. The third-order valence-corrected chi connectivity index (χ3v) is 4.89. The van der Waals surface area contributed by atoms with Crippen LogP contribution >= 0.6 is 0 Å². The molecule has 1 fully saturated rings. The van der Waals surface area contributed by atoms with Crippen molar-refractivity contribution in [3.63, 3.8) is 0 Å². The zero-order valence-corrected chi connectivity index (χ0v) is 16.3. The summed E-state index contributed by atoms with van der Waals surface area (Å²) in [6.07, 6.45) is 1.08. The van der Waals surface area contributed by atoms with Gasteiger partial charge >= 0.3 is 13.1 Å². The Kier molecular flexibility index (Phi) is 6.29. The SMILES string of the molecule is Cc1ncc([C@H](N)C(=O)N2CC(Oc3ccc(CCB(O)O)c(O)c3C(=O)O)C2)[nH]1. The molecule has 12 heteroatoms. The van der Waals surface area contributed by atoms with Crippen LogP contribution in [0.1, 0.15) is 33.5 Å². The van der Waals surface area contributed by atoms with E-state index < -0.39 is 36.5 Å².